The van der Waals surface area contributed by atoms with Gasteiger partial charge in [0.1, 0.15) is 11.9 Å². The first kappa shape index (κ1) is 28.4. The Labute approximate surface area is 228 Å². The van der Waals surface area contributed by atoms with Crippen molar-refractivity contribution < 1.29 is 23.9 Å². The minimum atomic E-state index is -0.895. The molecule has 2 aromatic rings. The Kier molecular flexibility index (Phi) is 9.84. The second-order valence-corrected chi connectivity index (χ2v) is 10.3. The number of carbonyl (C=O) groups excluding carboxylic acids is 3. The molecule has 5 N–H and O–H groups in total. The molecule has 0 radical (unpaired) electrons. The third-order valence-corrected chi connectivity index (χ3v) is 7.36. The summed E-state index contributed by atoms with van der Waals surface area (Å²) >= 11 is 0. The highest BCUT2D eigenvalue weighted by Crippen LogP contribution is 2.34. The molecule has 0 spiro atoms. The Hall–Kier alpha value is -3.56. The number of nitrogens with two attached hydrogens (primary N) is 1. The van der Waals surface area contributed by atoms with E-state index in [1.54, 1.807) is 11.0 Å². The fourth-order valence-corrected chi connectivity index (χ4v) is 5.17. The number of allylic oxidation sites excluding steroid dienone is 4. The number of nitrogens with zero attached hydrogens (tertiary/aromatic N) is 1. The molecule has 3 amide bonds. The molecule has 2 aliphatic rings. The van der Waals surface area contributed by atoms with Crippen molar-refractivity contribution in [3.8, 4) is 0 Å². The number of fused-ring (bicyclic) bond motifs is 2. The fraction of sp³-hybridized carbons (Fsp3) is 0.433. The summed E-state index contributed by atoms with van der Waals surface area (Å²) in [6.07, 6.45) is 5.70. The van der Waals surface area contributed by atoms with Gasteiger partial charge in [-0.1, -0.05) is 48.9 Å². The summed E-state index contributed by atoms with van der Waals surface area (Å²) in [5.41, 5.74) is 6.95. The van der Waals surface area contributed by atoms with Gasteiger partial charge in [0.15, 0.2) is 0 Å². The predicted molar refractivity (Wildman–Crippen MR) is 148 cm³/mol. The third-order valence-electron chi connectivity index (χ3n) is 7.36. The molecular formula is C30H37FN4O4. The van der Waals surface area contributed by atoms with Crippen molar-refractivity contribution >= 4 is 28.5 Å². The van der Waals surface area contributed by atoms with Crippen LogP contribution >= 0.6 is 0 Å². The topological polar surface area (TPSA) is 125 Å². The van der Waals surface area contributed by atoms with E-state index in [0.29, 0.717) is 18.5 Å². The second-order valence-electron chi connectivity index (χ2n) is 10.3. The van der Waals surface area contributed by atoms with Gasteiger partial charge in [0.25, 0.3) is 0 Å². The zero-order valence-corrected chi connectivity index (χ0v) is 22.1. The summed E-state index contributed by atoms with van der Waals surface area (Å²) in [5, 5.41) is 17.3. The number of rotatable bonds is 10. The van der Waals surface area contributed by atoms with Gasteiger partial charge in [0.05, 0.1) is 6.10 Å². The average Bonchev–Trinajstić information content (AvgIpc) is 2.93. The van der Waals surface area contributed by atoms with Crippen molar-refractivity contribution in [2.45, 2.75) is 57.1 Å². The van der Waals surface area contributed by atoms with E-state index >= 15 is 0 Å². The van der Waals surface area contributed by atoms with Crippen LogP contribution in [0.2, 0.25) is 0 Å². The number of carbonyl (C=O) groups is 3. The van der Waals surface area contributed by atoms with E-state index in [9.17, 15) is 23.9 Å². The summed E-state index contributed by atoms with van der Waals surface area (Å²) in [6, 6.07) is 12.8. The van der Waals surface area contributed by atoms with Crippen LogP contribution in [0.4, 0.5) is 4.39 Å². The maximum atomic E-state index is 14.1. The average molecular weight is 537 g/mol. The smallest absolute Gasteiger partial charge is 0.243 e. The largest absolute Gasteiger partial charge is 0.390 e. The van der Waals surface area contributed by atoms with E-state index < -0.39 is 24.0 Å². The Morgan fingerprint density at radius 1 is 1.15 bits per heavy atom. The van der Waals surface area contributed by atoms with Crippen LogP contribution in [0.15, 0.2) is 66.1 Å². The van der Waals surface area contributed by atoms with Crippen LogP contribution in [-0.4, -0.2) is 59.5 Å². The molecule has 9 heteroatoms. The number of hydrogen-bond donors (Lipinski definition) is 4. The van der Waals surface area contributed by atoms with Crippen LogP contribution in [-0.2, 0) is 20.8 Å². The van der Waals surface area contributed by atoms with Crippen molar-refractivity contribution in [1.29, 1.82) is 0 Å². The van der Waals surface area contributed by atoms with Gasteiger partial charge in [-0.3, -0.25) is 14.4 Å². The van der Waals surface area contributed by atoms with Crippen molar-refractivity contribution in [1.82, 2.24) is 15.5 Å². The Balaban J connectivity index is 1.46. The second kappa shape index (κ2) is 13.5. The molecule has 1 saturated heterocycles. The highest BCUT2D eigenvalue weighted by molar-refractivity contribution is 5.89. The van der Waals surface area contributed by atoms with E-state index in [-0.39, 0.29) is 50.1 Å². The van der Waals surface area contributed by atoms with Crippen molar-refractivity contribution in [3.63, 3.8) is 0 Å². The molecule has 1 heterocycles. The summed E-state index contributed by atoms with van der Waals surface area (Å²) in [7, 11) is 0. The van der Waals surface area contributed by atoms with E-state index in [0.717, 1.165) is 35.6 Å². The highest BCUT2D eigenvalue weighted by atomic mass is 19.1. The van der Waals surface area contributed by atoms with Gasteiger partial charge in [-0.05, 0) is 47.8 Å². The highest BCUT2D eigenvalue weighted by Gasteiger charge is 2.30. The van der Waals surface area contributed by atoms with Gasteiger partial charge < -0.3 is 26.4 Å². The lowest BCUT2D eigenvalue weighted by Crippen LogP contribution is -2.50. The Morgan fingerprint density at radius 3 is 2.74 bits per heavy atom. The molecule has 2 aromatic carbocycles. The summed E-state index contributed by atoms with van der Waals surface area (Å²) in [4.78, 5) is 40.6. The first-order valence-electron chi connectivity index (χ1n) is 13.6. The van der Waals surface area contributed by atoms with Crippen LogP contribution in [0.1, 0.15) is 44.1 Å². The molecule has 1 aliphatic heterocycles. The molecule has 1 fully saturated rings. The summed E-state index contributed by atoms with van der Waals surface area (Å²) < 4.78 is 14.1. The number of aliphatic hydroxyl groups is 1. The van der Waals surface area contributed by atoms with Crippen molar-refractivity contribution in [2.75, 3.05) is 19.6 Å². The van der Waals surface area contributed by atoms with Gasteiger partial charge in [0, 0.05) is 50.5 Å². The molecule has 1 aliphatic carbocycles. The molecule has 0 bridgehead atoms. The molecule has 8 nitrogen and oxygen atoms in total. The predicted octanol–water partition coefficient (Wildman–Crippen LogP) is 2.85. The van der Waals surface area contributed by atoms with Crippen molar-refractivity contribution in [3.05, 3.63) is 71.7 Å². The first-order chi connectivity index (χ1) is 18.8. The van der Waals surface area contributed by atoms with Crippen LogP contribution in [0.25, 0.3) is 10.8 Å². The molecule has 39 heavy (non-hydrogen) atoms. The first-order valence-corrected chi connectivity index (χ1v) is 13.6. The number of likely N-dealkylation sites (tertiary alicyclic amines) is 1. The monoisotopic (exact) mass is 536 g/mol. The van der Waals surface area contributed by atoms with E-state index in [4.69, 9.17) is 5.73 Å². The van der Waals surface area contributed by atoms with E-state index in [1.165, 1.54) is 6.08 Å². The third kappa shape index (κ3) is 7.74. The van der Waals surface area contributed by atoms with Gasteiger partial charge >= 0.3 is 0 Å². The number of aliphatic hydroxyl groups excluding tert-OH is 1. The Bertz CT molecular complexity index is 1260. The van der Waals surface area contributed by atoms with Crippen molar-refractivity contribution in [2.24, 2.45) is 11.7 Å². The van der Waals surface area contributed by atoms with Gasteiger partial charge in [-0.2, -0.15) is 0 Å². The quantitative estimate of drug-likeness (QED) is 0.372. The summed E-state index contributed by atoms with van der Waals surface area (Å²) in [6.45, 7) is 0.0747. The van der Waals surface area contributed by atoms with E-state index in [2.05, 4.69) is 10.6 Å². The molecule has 0 saturated carbocycles. The fourth-order valence-electron chi connectivity index (χ4n) is 5.17. The van der Waals surface area contributed by atoms with Crippen LogP contribution in [0.3, 0.4) is 0 Å². The molecule has 4 rings (SSSR count). The number of halogens is 1. The number of amides is 3. The molecule has 0 aromatic heterocycles. The lowest BCUT2D eigenvalue weighted by Gasteiger charge is -2.34. The maximum Gasteiger partial charge on any atom is 0.243 e. The number of hydrogen-bond acceptors (Lipinski definition) is 5. The van der Waals surface area contributed by atoms with Gasteiger partial charge in [0.2, 0.25) is 17.7 Å². The SMILES string of the molecule is NCC(O)CNC(=O)[C@@H](Cc1ccc2ccccc2c1)NC(=O)CCN1C(=O)CCCCC2CC=C(F)C=C21. The minimum Gasteiger partial charge on any atom is -0.390 e. The molecular weight excluding hydrogens is 499 g/mol. The van der Waals surface area contributed by atoms with Gasteiger partial charge in [-0.15, -0.1) is 0 Å². The normalized spacial score (nSPS) is 19.2. The molecule has 3 atom stereocenters. The summed E-state index contributed by atoms with van der Waals surface area (Å²) in [5.74, 6) is -1.26. The van der Waals surface area contributed by atoms with Crippen LogP contribution in [0.5, 0.6) is 0 Å². The lowest BCUT2D eigenvalue weighted by atomic mass is 9.88. The van der Waals surface area contributed by atoms with Crippen LogP contribution in [0, 0.1) is 5.92 Å². The zero-order valence-electron chi connectivity index (χ0n) is 22.1. The zero-order chi connectivity index (χ0) is 27.8. The van der Waals surface area contributed by atoms with E-state index in [1.807, 2.05) is 42.5 Å². The van der Waals surface area contributed by atoms with Crippen LogP contribution < -0.4 is 16.4 Å². The number of nitrogens with one attached hydrogen (secondary N) is 2. The lowest BCUT2D eigenvalue weighted by molar-refractivity contribution is -0.132. The standard InChI is InChI=1S/C30H37FN4O4/c31-24-12-11-22-6-3-4-8-29(38)35(27(22)17-24)14-13-28(37)34-26(30(39)33-19-25(36)18-32)16-20-9-10-21-5-1-2-7-23(21)15-20/h1-2,5,7,9-10,12,15,17,22,25-26,36H,3-4,6,8,11,13-14,16,18-19,32H2,(H,33,39)(H,34,37)/t22?,25?,26-/m1/s1. The number of benzene rings is 2. The minimum absolute atomic E-state index is 0.00152. The Morgan fingerprint density at radius 2 is 1.95 bits per heavy atom. The molecule has 208 valence electrons. The molecule has 2 unspecified atom stereocenters. The maximum absolute atomic E-state index is 14.1. The van der Waals surface area contributed by atoms with Gasteiger partial charge in [-0.25, -0.2) is 4.39 Å².